The summed E-state index contributed by atoms with van der Waals surface area (Å²) in [7, 11) is -1.33. The van der Waals surface area contributed by atoms with E-state index in [9.17, 15) is 0 Å². The van der Waals surface area contributed by atoms with E-state index in [2.05, 4.69) is 42.9 Å². The highest BCUT2D eigenvalue weighted by atomic mass is 79.9. The van der Waals surface area contributed by atoms with Gasteiger partial charge in [-0.05, 0) is 32.5 Å². The van der Waals surface area contributed by atoms with Gasteiger partial charge in [0.15, 0.2) is 8.32 Å². The van der Waals surface area contributed by atoms with E-state index in [1.165, 1.54) is 12.5 Å². The highest BCUT2D eigenvalue weighted by Crippen LogP contribution is 2.20. The van der Waals surface area contributed by atoms with E-state index in [0.717, 1.165) is 6.61 Å². The predicted molar refractivity (Wildman–Crippen MR) is 56.9 cm³/mol. The van der Waals surface area contributed by atoms with Crippen LogP contribution in [0.25, 0.3) is 0 Å². The molecule has 0 fully saturated rings. The number of hydrogen-bond acceptors (Lipinski definition) is 1. The van der Waals surface area contributed by atoms with Crippen LogP contribution in [0.4, 0.5) is 0 Å². The molecular weight excluding hydrogens is 220 g/mol. The molecule has 1 nitrogen and oxygen atoms in total. The smallest absolute Gasteiger partial charge is 0.187 e. The van der Waals surface area contributed by atoms with Crippen molar-refractivity contribution in [2.75, 3.05) is 6.61 Å². The Hall–Kier alpha value is 0.657. The fourth-order valence-corrected chi connectivity index (χ4v) is 5.72. The molecule has 0 heterocycles. The van der Waals surface area contributed by atoms with E-state index >= 15 is 0 Å². The quantitative estimate of drug-likeness (QED) is 0.527. The largest absolute Gasteiger partial charge is 0.418 e. The summed E-state index contributed by atoms with van der Waals surface area (Å²) in [6.45, 7) is 9.70. The van der Waals surface area contributed by atoms with Gasteiger partial charge in [0.25, 0.3) is 0 Å². The molecule has 0 amide bonds. The van der Waals surface area contributed by atoms with Crippen LogP contribution >= 0.6 is 15.9 Å². The van der Waals surface area contributed by atoms with Gasteiger partial charge in [0.05, 0.1) is 0 Å². The molecule has 0 saturated heterocycles. The van der Waals surface area contributed by atoms with E-state index in [-0.39, 0.29) is 0 Å². The van der Waals surface area contributed by atoms with Crippen LogP contribution in [0.15, 0.2) is 0 Å². The molecule has 1 unspecified atom stereocenters. The number of hydrogen-bond donors (Lipinski definition) is 0. The minimum Gasteiger partial charge on any atom is -0.418 e. The highest BCUT2D eigenvalue weighted by molar-refractivity contribution is 9.09. The summed E-state index contributed by atoms with van der Waals surface area (Å²) in [6, 6.07) is 1.22. The molecule has 0 radical (unpaired) electrons. The van der Waals surface area contributed by atoms with Crippen LogP contribution in [0.1, 0.15) is 20.3 Å². The first-order valence-corrected chi connectivity index (χ1v) is 8.33. The summed E-state index contributed by atoms with van der Waals surface area (Å²) < 4.78 is 5.71. The average Bonchev–Trinajstić information content (AvgIpc) is 1.86. The molecule has 0 aliphatic rings. The first-order valence-electron chi connectivity index (χ1n) is 4.30. The summed E-state index contributed by atoms with van der Waals surface area (Å²) in [6.07, 6.45) is 1.20. The Morgan fingerprint density at radius 1 is 1.36 bits per heavy atom. The lowest BCUT2D eigenvalue weighted by Gasteiger charge is -2.23. The van der Waals surface area contributed by atoms with Crippen molar-refractivity contribution in [3.63, 3.8) is 0 Å². The van der Waals surface area contributed by atoms with E-state index in [0.29, 0.717) is 4.83 Å². The minimum absolute atomic E-state index is 0.649. The molecule has 0 aromatic heterocycles. The van der Waals surface area contributed by atoms with Crippen LogP contribution in [0, 0.1) is 0 Å². The van der Waals surface area contributed by atoms with Crippen molar-refractivity contribution in [3.05, 3.63) is 0 Å². The van der Waals surface area contributed by atoms with Crippen LogP contribution < -0.4 is 0 Å². The van der Waals surface area contributed by atoms with Crippen LogP contribution in [-0.2, 0) is 4.43 Å². The monoisotopic (exact) mass is 238 g/mol. The Morgan fingerprint density at radius 3 is 2.27 bits per heavy atom. The molecular formula is C8H19BrOSi. The molecule has 0 saturated carbocycles. The summed E-state index contributed by atoms with van der Waals surface area (Å²) in [5, 5.41) is 0. The molecule has 0 N–H and O–H groups in total. The van der Waals surface area contributed by atoms with Gasteiger partial charge in [-0.3, -0.25) is 0 Å². The van der Waals surface area contributed by atoms with Gasteiger partial charge in [0, 0.05) is 11.4 Å². The van der Waals surface area contributed by atoms with Crippen LogP contribution in [0.2, 0.25) is 19.1 Å². The SMILES string of the molecule is CCO[Si](C)(C)CC(Br)CC. The Kier molecular flexibility index (Phi) is 5.65. The topological polar surface area (TPSA) is 9.23 Å². The molecule has 0 bridgehead atoms. The molecule has 11 heavy (non-hydrogen) atoms. The maximum absolute atomic E-state index is 5.71. The molecule has 0 aliphatic heterocycles. The average molecular weight is 239 g/mol. The second kappa shape index (κ2) is 5.33. The Balaban J connectivity index is 3.70. The maximum Gasteiger partial charge on any atom is 0.187 e. The summed E-state index contributed by atoms with van der Waals surface area (Å²) in [5.41, 5.74) is 0. The van der Waals surface area contributed by atoms with Crippen molar-refractivity contribution in [1.82, 2.24) is 0 Å². The highest BCUT2D eigenvalue weighted by Gasteiger charge is 2.24. The van der Waals surface area contributed by atoms with Gasteiger partial charge in [-0.15, -0.1) is 0 Å². The molecule has 0 aliphatic carbocycles. The molecule has 0 aromatic rings. The van der Waals surface area contributed by atoms with Gasteiger partial charge < -0.3 is 4.43 Å². The fourth-order valence-electron chi connectivity index (χ4n) is 1.13. The zero-order valence-corrected chi connectivity index (χ0v) is 10.6. The van der Waals surface area contributed by atoms with Crippen molar-refractivity contribution in [1.29, 1.82) is 0 Å². The first-order chi connectivity index (χ1) is 5.02. The first kappa shape index (κ1) is 11.7. The van der Waals surface area contributed by atoms with Crippen LogP contribution in [0.3, 0.4) is 0 Å². The van der Waals surface area contributed by atoms with Crippen molar-refractivity contribution in [3.8, 4) is 0 Å². The van der Waals surface area contributed by atoms with Crippen LogP contribution in [-0.4, -0.2) is 19.8 Å². The Morgan fingerprint density at radius 2 is 1.91 bits per heavy atom. The second-order valence-corrected chi connectivity index (χ2v) is 8.91. The molecule has 3 heteroatoms. The summed E-state index contributed by atoms with van der Waals surface area (Å²) >= 11 is 3.64. The third-order valence-corrected chi connectivity index (χ3v) is 5.81. The second-order valence-electron chi connectivity index (χ2n) is 3.40. The molecule has 1 atom stereocenters. The maximum atomic E-state index is 5.71. The summed E-state index contributed by atoms with van der Waals surface area (Å²) in [4.78, 5) is 0.649. The number of alkyl halides is 1. The van der Waals surface area contributed by atoms with Crippen molar-refractivity contribution < 1.29 is 4.43 Å². The van der Waals surface area contributed by atoms with Gasteiger partial charge in [0.1, 0.15) is 0 Å². The van der Waals surface area contributed by atoms with E-state index < -0.39 is 8.32 Å². The van der Waals surface area contributed by atoms with Crippen molar-refractivity contribution in [2.45, 2.75) is 44.2 Å². The lowest BCUT2D eigenvalue weighted by molar-refractivity contribution is 0.328. The third-order valence-electron chi connectivity index (χ3n) is 1.69. The van der Waals surface area contributed by atoms with Crippen LogP contribution in [0.5, 0.6) is 0 Å². The zero-order chi connectivity index (χ0) is 8.91. The van der Waals surface area contributed by atoms with Gasteiger partial charge in [-0.1, -0.05) is 22.9 Å². The number of rotatable bonds is 5. The normalized spacial score (nSPS) is 15.0. The number of halogens is 1. The lowest BCUT2D eigenvalue weighted by atomic mass is 10.4. The fraction of sp³-hybridized carbons (Fsp3) is 1.00. The van der Waals surface area contributed by atoms with Crippen molar-refractivity contribution >= 4 is 24.2 Å². The predicted octanol–water partition coefficient (Wildman–Crippen LogP) is 3.40. The molecule has 0 aromatic carbocycles. The molecule has 68 valence electrons. The zero-order valence-electron chi connectivity index (χ0n) is 7.98. The molecule has 0 spiro atoms. The Bertz CT molecular complexity index is 106. The Labute approximate surface area is 79.8 Å². The van der Waals surface area contributed by atoms with E-state index in [1.807, 2.05) is 0 Å². The minimum atomic E-state index is -1.33. The molecule has 0 rings (SSSR count). The summed E-state index contributed by atoms with van der Waals surface area (Å²) in [5.74, 6) is 0. The van der Waals surface area contributed by atoms with E-state index in [4.69, 9.17) is 4.43 Å². The standard InChI is InChI=1S/C8H19BrOSi/c1-5-8(9)7-11(3,4)10-6-2/h8H,5-7H2,1-4H3. The van der Waals surface area contributed by atoms with Gasteiger partial charge >= 0.3 is 0 Å². The van der Waals surface area contributed by atoms with Gasteiger partial charge in [-0.25, -0.2) is 0 Å². The van der Waals surface area contributed by atoms with Gasteiger partial charge in [0.2, 0.25) is 0 Å². The third kappa shape index (κ3) is 5.88. The van der Waals surface area contributed by atoms with E-state index in [1.54, 1.807) is 0 Å². The van der Waals surface area contributed by atoms with Gasteiger partial charge in [-0.2, -0.15) is 0 Å². The lowest BCUT2D eigenvalue weighted by Crippen LogP contribution is -2.32. The van der Waals surface area contributed by atoms with Crippen molar-refractivity contribution in [2.24, 2.45) is 0 Å².